The third kappa shape index (κ3) is 6.19. The number of anilines is 3. The second-order valence-corrected chi connectivity index (χ2v) is 16.2. The van der Waals surface area contributed by atoms with Gasteiger partial charge in [0.25, 0.3) is 0 Å². The lowest BCUT2D eigenvalue weighted by atomic mass is 9.97. The first-order valence-corrected chi connectivity index (χ1v) is 17.0. The molecular formula is C27H34ClN4O3PS. The van der Waals surface area contributed by atoms with Gasteiger partial charge in [-0.05, 0) is 69.2 Å². The molecular weight excluding hydrogens is 527 g/mol. The van der Waals surface area contributed by atoms with Crippen molar-refractivity contribution < 1.29 is 13.0 Å². The molecule has 1 aliphatic carbocycles. The van der Waals surface area contributed by atoms with Crippen molar-refractivity contribution in [2.45, 2.75) is 62.1 Å². The van der Waals surface area contributed by atoms with Gasteiger partial charge in [-0.15, -0.1) is 0 Å². The highest BCUT2D eigenvalue weighted by molar-refractivity contribution is 7.92. The van der Waals surface area contributed by atoms with Gasteiger partial charge in [0.2, 0.25) is 5.95 Å². The number of nitrogens with zero attached hydrogens (tertiary/aromatic N) is 2. The molecule has 10 heteroatoms. The lowest BCUT2D eigenvalue weighted by molar-refractivity contribution is 0.583. The van der Waals surface area contributed by atoms with Crippen LogP contribution in [-0.2, 0) is 20.9 Å². The fraction of sp³-hybridized carbons (Fsp3) is 0.407. The van der Waals surface area contributed by atoms with Crippen LogP contribution >= 0.6 is 18.7 Å². The zero-order chi connectivity index (χ0) is 26.8. The average molecular weight is 561 g/mol. The van der Waals surface area contributed by atoms with Crippen molar-refractivity contribution >= 4 is 51.3 Å². The largest absolute Gasteiger partial charge is 0.350 e. The van der Waals surface area contributed by atoms with E-state index in [9.17, 15) is 13.0 Å². The van der Waals surface area contributed by atoms with E-state index in [-0.39, 0.29) is 15.8 Å². The first-order valence-electron chi connectivity index (χ1n) is 12.5. The third-order valence-electron chi connectivity index (χ3n) is 6.71. The predicted octanol–water partition coefficient (Wildman–Crippen LogP) is 6.57. The molecule has 0 unspecified atom stereocenters. The maximum Gasteiger partial charge on any atom is 0.224 e. The molecule has 4 rings (SSSR count). The van der Waals surface area contributed by atoms with E-state index in [1.807, 2.05) is 30.3 Å². The van der Waals surface area contributed by atoms with Gasteiger partial charge < -0.3 is 15.2 Å². The van der Waals surface area contributed by atoms with Gasteiger partial charge in [-0.2, -0.15) is 4.98 Å². The number of hydrogen-bond donors (Lipinski definition) is 2. The van der Waals surface area contributed by atoms with Crippen LogP contribution < -0.4 is 15.9 Å². The summed E-state index contributed by atoms with van der Waals surface area (Å²) < 4.78 is 40.9. The molecule has 0 atom stereocenters. The lowest BCUT2D eigenvalue weighted by Crippen LogP contribution is -2.24. The average Bonchev–Trinajstić information content (AvgIpc) is 3.39. The van der Waals surface area contributed by atoms with Gasteiger partial charge in [0.15, 0.2) is 15.7 Å². The minimum absolute atomic E-state index is 0.0393. The van der Waals surface area contributed by atoms with E-state index in [4.69, 9.17) is 11.6 Å². The molecule has 1 aliphatic rings. The molecule has 0 radical (unpaired) electrons. The van der Waals surface area contributed by atoms with Crippen molar-refractivity contribution in [1.29, 1.82) is 0 Å². The van der Waals surface area contributed by atoms with Crippen LogP contribution in [0.15, 0.2) is 53.6 Å². The summed E-state index contributed by atoms with van der Waals surface area (Å²) in [4.78, 5) is 9.02. The summed E-state index contributed by atoms with van der Waals surface area (Å²) >= 11 is 6.45. The SMILES string of the molecule is CC(C)S(=O)(=O)c1c(Nc2nc(NCc3ccccc3)ncc2Cl)ccc(P(C)(C)=O)c1C1CCCC1. The van der Waals surface area contributed by atoms with Crippen molar-refractivity contribution in [1.82, 2.24) is 9.97 Å². The Morgan fingerprint density at radius 1 is 1.08 bits per heavy atom. The van der Waals surface area contributed by atoms with Crippen LogP contribution in [0.3, 0.4) is 0 Å². The second-order valence-electron chi connectivity index (χ2n) is 10.2. The molecule has 1 aromatic heterocycles. The Bertz CT molecular complexity index is 1420. The van der Waals surface area contributed by atoms with Crippen molar-refractivity contribution in [3.05, 3.63) is 64.8 Å². The van der Waals surface area contributed by atoms with E-state index in [0.29, 0.717) is 34.9 Å². The Balaban J connectivity index is 1.80. The fourth-order valence-electron chi connectivity index (χ4n) is 4.75. The summed E-state index contributed by atoms with van der Waals surface area (Å²) in [6.45, 7) is 7.27. The molecule has 7 nitrogen and oxygen atoms in total. The van der Waals surface area contributed by atoms with E-state index in [1.54, 1.807) is 39.3 Å². The Hall–Kier alpha value is -2.41. The van der Waals surface area contributed by atoms with Gasteiger partial charge in [-0.25, -0.2) is 13.4 Å². The summed E-state index contributed by atoms with van der Waals surface area (Å²) in [6.07, 6.45) is 5.28. The van der Waals surface area contributed by atoms with E-state index in [0.717, 1.165) is 31.2 Å². The predicted molar refractivity (Wildman–Crippen MR) is 153 cm³/mol. The number of hydrogen-bond acceptors (Lipinski definition) is 7. The number of nitrogens with one attached hydrogen (secondary N) is 2. The minimum Gasteiger partial charge on any atom is -0.350 e. The van der Waals surface area contributed by atoms with Crippen LogP contribution in [0.4, 0.5) is 17.5 Å². The topological polar surface area (TPSA) is 101 Å². The molecule has 0 amide bonds. The smallest absolute Gasteiger partial charge is 0.224 e. The molecule has 198 valence electrons. The second kappa shape index (κ2) is 11.1. The molecule has 2 aromatic carbocycles. The van der Waals surface area contributed by atoms with Gasteiger partial charge in [-0.3, -0.25) is 0 Å². The molecule has 1 fully saturated rings. The number of rotatable bonds is 9. The van der Waals surface area contributed by atoms with Crippen LogP contribution in [0.1, 0.15) is 56.6 Å². The highest BCUT2D eigenvalue weighted by Gasteiger charge is 2.35. The van der Waals surface area contributed by atoms with Crippen LogP contribution in [0.2, 0.25) is 5.02 Å². The van der Waals surface area contributed by atoms with Crippen LogP contribution in [-0.4, -0.2) is 37.0 Å². The summed E-state index contributed by atoms with van der Waals surface area (Å²) in [5.74, 6) is 0.703. The molecule has 0 saturated heterocycles. The molecule has 3 aromatic rings. The summed E-state index contributed by atoms with van der Waals surface area (Å²) in [6, 6.07) is 13.4. The van der Waals surface area contributed by atoms with Crippen LogP contribution in [0, 0.1) is 0 Å². The Morgan fingerprint density at radius 2 is 1.76 bits per heavy atom. The van der Waals surface area contributed by atoms with E-state index in [2.05, 4.69) is 20.6 Å². The Labute approximate surface area is 224 Å². The molecule has 0 spiro atoms. The maximum atomic E-state index is 13.8. The third-order valence-corrected chi connectivity index (χ3v) is 10.8. The van der Waals surface area contributed by atoms with Gasteiger partial charge in [0.05, 0.1) is 22.0 Å². The van der Waals surface area contributed by atoms with Crippen molar-refractivity contribution in [2.75, 3.05) is 24.0 Å². The normalized spacial score (nSPS) is 14.8. The van der Waals surface area contributed by atoms with Crippen molar-refractivity contribution in [3.8, 4) is 0 Å². The molecule has 37 heavy (non-hydrogen) atoms. The van der Waals surface area contributed by atoms with E-state index in [1.165, 1.54) is 6.20 Å². The Morgan fingerprint density at radius 3 is 2.38 bits per heavy atom. The van der Waals surface area contributed by atoms with Crippen LogP contribution in [0.25, 0.3) is 0 Å². The molecule has 1 heterocycles. The zero-order valence-electron chi connectivity index (χ0n) is 21.7. The minimum atomic E-state index is -3.73. The highest BCUT2D eigenvalue weighted by atomic mass is 35.5. The monoisotopic (exact) mass is 560 g/mol. The molecule has 2 N–H and O–H groups in total. The number of sulfone groups is 1. The van der Waals surface area contributed by atoms with Gasteiger partial charge in [-0.1, -0.05) is 54.8 Å². The fourth-order valence-corrected chi connectivity index (χ4v) is 7.76. The van der Waals surface area contributed by atoms with E-state index < -0.39 is 22.2 Å². The number of halogens is 1. The zero-order valence-corrected chi connectivity index (χ0v) is 24.1. The van der Waals surface area contributed by atoms with Crippen molar-refractivity contribution in [3.63, 3.8) is 0 Å². The highest BCUT2D eigenvalue weighted by Crippen LogP contribution is 2.47. The molecule has 1 saturated carbocycles. The van der Waals surface area contributed by atoms with Crippen LogP contribution in [0.5, 0.6) is 0 Å². The first-order chi connectivity index (χ1) is 17.5. The van der Waals surface area contributed by atoms with Gasteiger partial charge >= 0.3 is 0 Å². The first kappa shape index (κ1) is 27.6. The van der Waals surface area contributed by atoms with Gasteiger partial charge in [0.1, 0.15) is 12.2 Å². The molecule has 0 bridgehead atoms. The molecule has 0 aliphatic heterocycles. The van der Waals surface area contributed by atoms with Gasteiger partial charge in [0, 0.05) is 11.8 Å². The standard InChI is InChI=1S/C27H34ClN4O3PS/c1-18(2)37(34,35)25-22(14-15-23(36(3,4)33)24(25)20-12-8-9-13-20)31-26-21(28)17-30-27(32-26)29-16-19-10-6-5-7-11-19/h5-7,10-11,14-15,17-18,20H,8-9,12-13,16H2,1-4H3,(H2,29,30,31,32). The Kier molecular flexibility index (Phi) is 8.32. The summed E-state index contributed by atoms with van der Waals surface area (Å²) in [7, 11) is -6.48. The quantitative estimate of drug-likeness (QED) is 0.285. The maximum absolute atomic E-state index is 13.8. The lowest BCUT2D eigenvalue weighted by Gasteiger charge is -2.26. The number of aromatic nitrogens is 2. The number of benzene rings is 2. The van der Waals surface area contributed by atoms with E-state index >= 15 is 0 Å². The van der Waals surface area contributed by atoms with Crippen molar-refractivity contribution in [2.24, 2.45) is 0 Å². The summed E-state index contributed by atoms with van der Waals surface area (Å²) in [5.41, 5.74) is 2.15. The summed E-state index contributed by atoms with van der Waals surface area (Å²) in [5, 5.41) is 6.63.